The first kappa shape index (κ1) is 24.4. The number of hydrogen-bond donors (Lipinski definition) is 1. The van der Waals surface area contributed by atoms with Crippen molar-refractivity contribution in [1.29, 1.82) is 0 Å². The molecule has 192 valence electrons. The fraction of sp³-hybridized carbons (Fsp3) is 0.258. The quantitative estimate of drug-likeness (QED) is 0.189. The van der Waals surface area contributed by atoms with Gasteiger partial charge in [0.25, 0.3) is 5.78 Å². The number of carbonyl (C=O) groups excluding carboxylic acids is 2. The molecular weight excluding hydrogens is 496 g/mol. The first-order chi connectivity index (χ1) is 18.2. The summed E-state index contributed by atoms with van der Waals surface area (Å²) in [5, 5.41) is 12.0. The number of anilines is 1. The van der Waals surface area contributed by atoms with Crippen LogP contribution in [0, 0.1) is 13.8 Å². The number of aryl methyl sites for hydroxylation is 3. The Kier molecular flexibility index (Phi) is 5.83. The minimum Gasteiger partial charge on any atom is -0.507 e. The number of rotatable bonds is 4. The Labute approximate surface area is 225 Å². The van der Waals surface area contributed by atoms with Crippen LogP contribution in [0.4, 0.5) is 5.13 Å². The first-order valence-electron chi connectivity index (χ1n) is 12.8. The Bertz CT molecular complexity index is 1650. The van der Waals surface area contributed by atoms with Gasteiger partial charge >= 0.3 is 5.91 Å². The van der Waals surface area contributed by atoms with E-state index in [9.17, 15) is 14.7 Å². The summed E-state index contributed by atoms with van der Waals surface area (Å²) < 4.78 is 6.76. The third kappa shape index (κ3) is 3.89. The second-order valence-corrected chi connectivity index (χ2v) is 11.2. The van der Waals surface area contributed by atoms with E-state index in [4.69, 9.17) is 9.72 Å². The molecule has 3 heterocycles. The van der Waals surface area contributed by atoms with Crippen molar-refractivity contribution >= 4 is 44.1 Å². The van der Waals surface area contributed by atoms with Crippen LogP contribution in [0.25, 0.3) is 16.0 Å². The van der Waals surface area contributed by atoms with Gasteiger partial charge in [-0.05, 0) is 79.3 Å². The third-order valence-corrected chi connectivity index (χ3v) is 8.34. The Morgan fingerprint density at radius 2 is 1.87 bits per heavy atom. The molecule has 3 aromatic carbocycles. The molecule has 1 amide bonds. The van der Waals surface area contributed by atoms with Crippen LogP contribution in [0.3, 0.4) is 0 Å². The summed E-state index contributed by atoms with van der Waals surface area (Å²) in [7, 11) is 0. The van der Waals surface area contributed by atoms with Crippen LogP contribution in [0.15, 0.2) is 60.2 Å². The van der Waals surface area contributed by atoms with Gasteiger partial charge in [0, 0.05) is 12.0 Å². The van der Waals surface area contributed by atoms with Gasteiger partial charge in [0.15, 0.2) is 5.13 Å². The zero-order valence-corrected chi connectivity index (χ0v) is 22.6. The molecule has 0 saturated carbocycles. The van der Waals surface area contributed by atoms with E-state index >= 15 is 0 Å². The summed E-state index contributed by atoms with van der Waals surface area (Å²) in [4.78, 5) is 33.4. The maximum atomic E-state index is 13.6. The average molecular weight is 525 g/mol. The van der Waals surface area contributed by atoms with Gasteiger partial charge in [-0.3, -0.25) is 14.5 Å². The van der Waals surface area contributed by atoms with Crippen LogP contribution in [0.2, 0.25) is 0 Å². The van der Waals surface area contributed by atoms with Crippen molar-refractivity contribution in [1.82, 2.24) is 4.98 Å². The summed E-state index contributed by atoms with van der Waals surface area (Å²) in [5.74, 6) is -0.820. The minimum absolute atomic E-state index is 0.0520. The molecule has 2 atom stereocenters. The molecule has 4 aromatic rings. The molecular formula is C31H28N2O4S. The first-order valence-corrected chi connectivity index (χ1v) is 13.6. The highest BCUT2D eigenvalue weighted by atomic mass is 32.1. The van der Waals surface area contributed by atoms with Crippen LogP contribution in [0.5, 0.6) is 5.75 Å². The predicted octanol–water partition coefficient (Wildman–Crippen LogP) is 6.43. The number of hydrogen-bond acceptors (Lipinski definition) is 6. The number of thiazole rings is 1. The average Bonchev–Trinajstić information content (AvgIpc) is 3.56. The molecule has 7 heteroatoms. The molecule has 2 aliphatic heterocycles. The molecule has 1 N–H and O–H groups in total. The summed E-state index contributed by atoms with van der Waals surface area (Å²) in [6.45, 7) is 8.08. The van der Waals surface area contributed by atoms with Gasteiger partial charge in [-0.15, -0.1) is 0 Å². The lowest BCUT2D eigenvalue weighted by molar-refractivity contribution is -0.132. The van der Waals surface area contributed by atoms with Gasteiger partial charge in [-0.25, -0.2) is 4.98 Å². The molecule has 0 unspecified atom stereocenters. The van der Waals surface area contributed by atoms with Crippen LogP contribution < -0.4 is 9.64 Å². The molecule has 1 fully saturated rings. The van der Waals surface area contributed by atoms with Gasteiger partial charge in [0.2, 0.25) is 0 Å². The Morgan fingerprint density at radius 1 is 1.11 bits per heavy atom. The highest BCUT2D eigenvalue weighted by Gasteiger charge is 2.48. The number of aliphatic hydroxyl groups is 1. The monoisotopic (exact) mass is 524 g/mol. The van der Waals surface area contributed by atoms with Crippen LogP contribution in [0.1, 0.15) is 53.3 Å². The molecule has 1 saturated heterocycles. The van der Waals surface area contributed by atoms with E-state index in [1.165, 1.54) is 16.2 Å². The molecule has 0 spiro atoms. The molecule has 38 heavy (non-hydrogen) atoms. The smallest absolute Gasteiger partial charge is 0.301 e. The lowest BCUT2D eigenvalue weighted by Gasteiger charge is -2.23. The second kappa shape index (κ2) is 9.10. The predicted molar refractivity (Wildman–Crippen MR) is 150 cm³/mol. The van der Waals surface area contributed by atoms with Crippen LogP contribution in [-0.4, -0.2) is 27.9 Å². The molecule has 6 nitrogen and oxygen atoms in total. The Balaban J connectivity index is 1.54. The lowest BCUT2D eigenvalue weighted by Crippen LogP contribution is -2.29. The van der Waals surface area contributed by atoms with Crippen LogP contribution >= 0.6 is 11.3 Å². The Hall–Kier alpha value is -3.97. The SMILES string of the molecule is CCc1ccc([C@@H]2/C(=C(\O)c3ccc4c(c3)C[C@H](C)O4)C(=O)C(=O)N2c2nc3c(C)cc(C)cc3s2)cc1. The maximum absolute atomic E-state index is 13.6. The highest BCUT2D eigenvalue weighted by Crippen LogP contribution is 2.45. The number of fused-ring (bicyclic) bond motifs is 2. The highest BCUT2D eigenvalue weighted by molar-refractivity contribution is 7.22. The molecule has 1 aromatic heterocycles. The number of aliphatic hydroxyl groups excluding tert-OH is 1. The zero-order valence-electron chi connectivity index (χ0n) is 21.7. The molecule has 6 rings (SSSR count). The molecule has 0 radical (unpaired) electrons. The summed E-state index contributed by atoms with van der Waals surface area (Å²) in [6, 6.07) is 16.5. The van der Waals surface area contributed by atoms with Gasteiger partial charge in [0.1, 0.15) is 17.6 Å². The van der Waals surface area contributed by atoms with E-state index in [0.29, 0.717) is 10.7 Å². The summed E-state index contributed by atoms with van der Waals surface area (Å²) in [5.41, 5.74) is 6.34. The van der Waals surface area contributed by atoms with E-state index in [1.54, 1.807) is 6.07 Å². The van der Waals surface area contributed by atoms with Crippen molar-refractivity contribution in [2.75, 3.05) is 4.90 Å². The standard InChI is InChI=1S/C31H28N2O4S/c1-5-19-6-8-20(9-7-19)27-25(28(34)21-10-11-23-22(15-21)14-18(4)37-23)29(35)30(36)33(27)31-32-26-17(3)12-16(2)13-24(26)38-31/h6-13,15,18,27,34H,5,14H2,1-4H3/b28-25+/t18-,27+/m0/s1. The van der Waals surface area contributed by atoms with Crippen molar-refractivity contribution in [3.8, 4) is 5.75 Å². The summed E-state index contributed by atoms with van der Waals surface area (Å²) in [6.07, 6.45) is 1.64. The summed E-state index contributed by atoms with van der Waals surface area (Å²) >= 11 is 1.38. The minimum atomic E-state index is -0.800. The number of aromatic nitrogens is 1. The number of benzene rings is 3. The van der Waals surface area contributed by atoms with Crippen molar-refractivity contribution < 1.29 is 19.4 Å². The number of ketones is 1. The van der Waals surface area contributed by atoms with E-state index < -0.39 is 17.7 Å². The number of nitrogens with zero attached hydrogens (tertiary/aromatic N) is 2. The molecule has 2 aliphatic rings. The fourth-order valence-corrected chi connectivity index (χ4v) is 6.64. The van der Waals surface area contributed by atoms with Gasteiger partial charge in [0.05, 0.1) is 21.8 Å². The number of ether oxygens (including phenoxy) is 1. The van der Waals surface area contributed by atoms with E-state index in [-0.39, 0.29) is 17.4 Å². The van der Waals surface area contributed by atoms with Crippen molar-refractivity contribution in [2.45, 2.75) is 52.7 Å². The van der Waals surface area contributed by atoms with Gasteiger partial charge < -0.3 is 9.84 Å². The van der Waals surface area contributed by atoms with E-state index in [0.717, 1.165) is 56.6 Å². The lowest BCUT2D eigenvalue weighted by atomic mass is 9.94. The number of Topliss-reactive ketones (excluding diaryl/α,β-unsaturated/α-hetero) is 1. The van der Waals surface area contributed by atoms with Gasteiger partial charge in [-0.1, -0.05) is 48.6 Å². The Morgan fingerprint density at radius 3 is 2.61 bits per heavy atom. The van der Waals surface area contributed by atoms with Crippen molar-refractivity contribution in [3.05, 3.63) is 93.6 Å². The largest absolute Gasteiger partial charge is 0.507 e. The van der Waals surface area contributed by atoms with Crippen LogP contribution in [-0.2, 0) is 22.4 Å². The zero-order chi connectivity index (χ0) is 26.7. The third-order valence-electron chi connectivity index (χ3n) is 7.34. The van der Waals surface area contributed by atoms with E-state index in [2.05, 4.69) is 13.0 Å². The number of amides is 1. The second-order valence-electron chi connectivity index (χ2n) is 10.1. The van der Waals surface area contributed by atoms with Crippen molar-refractivity contribution in [3.63, 3.8) is 0 Å². The molecule has 0 bridgehead atoms. The maximum Gasteiger partial charge on any atom is 0.301 e. The number of carbonyl (C=O) groups is 2. The topological polar surface area (TPSA) is 79.7 Å². The van der Waals surface area contributed by atoms with Crippen molar-refractivity contribution in [2.24, 2.45) is 0 Å². The van der Waals surface area contributed by atoms with E-state index in [1.807, 2.05) is 63.2 Å². The normalized spacial score (nSPS) is 20.3. The molecule has 0 aliphatic carbocycles. The fourth-order valence-electron chi connectivity index (χ4n) is 5.47. The van der Waals surface area contributed by atoms with Gasteiger partial charge in [-0.2, -0.15) is 0 Å².